The number of aromatic nitrogens is 1. The lowest BCUT2D eigenvalue weighted by Crippen LogP contribution is -2.21. The Morgan fingerprint density at radius 2 is 1.79 bits per heavy atom. The van der Waals surface area contributed by atoms with Crippen LogP contribution in [0.15, 0.2) is 6.07 Å². The normalized spacial score (nSPS) is 10.4. The van der Waals surface area contributed by atoms with E-state index < -0.39 is 11.6 Å². The van der Waals surface area contributed by atoms with Crippen molar-refractivity contribution >= 4 is 11.6 Å². The lowest BCUT2D eigenvalue weighted by Gasteiger charge is -2.14. The van der Waals surface area contributed by atoms with E-state index >= 15 is 0 Å². The van der Waals surface area contributed by atoms with Gasteiger partial charge in [0, 0.05) is 27.2 Å². The summed E-state index contributed by atoms with van der Waals surface area (Å²) in [6.45, 7) is 0. The molecule has 0 saturated heterocycles. The molecule has 0 spiro atoms. The third-order valence-electron chi connectivity index (χ3n) is 1.50. The number of hydrogen-bond acceptors (Lipinski definition) is 4. The van der Waals surface area contributed by atoms with E-state index in [-0.39, 0.29) is 11.6 Å². The summed E-state index contributed by atoms with van der Waals surface area (Å²) in [5.74, 6) is -1.44. The van der Waals surface area contributed by atoms with Crippen molar-refractivity contribution in [3.8, 4) is 0 Å². The Hall–Kier alpha value is -1.43. The van der Waals surface area contributed by atoms with Crippen LogP contribution in [0.25, 0.3) is 0 Å². The molecule has 0 unspecified atom stereocenters. The van der Waals surface area contributed by atoms with Crippen LogP contribution in [0.2, 0.25) is 0 Å². The minimum absolute atomic E-state index is 0.00995. The SMILES string of the molecule is CNc1nc(NN(C)C)c(F)cc1F. The van der Waals surface area contributed by atoms with Crippen LogP contribution in [0.3, 0.4) is 0 Å². The zero-order valence-electron chi connectivity index (χ0n) is 8.23. The molecule has 0 bridgehead atoms. The van der Waals surface area contributed by atoms with E-state index in [0.717, 1.165) is 6.07 Å². The Labute approximate surface area is 80.9 Å². The highest BCUT2D eigenvalue weighted by molar-refractivity contribution is 5.46. The molecular formula is C8H12F2N4. The van der Waals surface area contributed by atoms with E-state index in [1.165, 1.54) is 12.1 Å². The number of pyridine rings is 1. The van der Waals surface area contributed by atoms with Crippen molar-refractivity contribution in [1.82, 2.24) is 9.99 Å². The highest BCUT2D eigenvalue weighted by Crippen LogP contribution is 2.18. The van der Waals surface area contributed by atoms with Gasteiger partial charge in [0.1, 0.15) is 0 Å². The Bertz CT molecular complexity index is 327. The summed E-state index contributed by atoms with van der Waals surface area (Å²) in [5.41, 5.74) is 2.62. The van der Waals surface area contributed by atoms with E-state index in [4.69, 9.17) is 0 Å². The molecule has 0 aliphatic heterocycles. The van der Waals surface area contributed by atoms with Gasteiger partial charge in [-0.25, -0.2) is 18.8 Å². The Balaban J connectivity index is 3.04. The summed E-state index contributed by atoms with van der Waals surface area (Å²) in [4.78, 5) is 3.72. The summed E-state index contributed by atoms with van der Waals surface area (Å²) in [5, 5.41) is 4.04. The maximum Gasteiger partial charge on any atom is 0.179 e. The Morgan fingerprint density at radius 1 is 1.21 bits per heavy atom. The number of halogens is 2. The molecule has 14 heavy (non-hydrogen) atoms. The van der Waals surface area contributed by atoms with Gasteiger partial charge in [0.2, 0.25) is 0 Å². The van der Waals surface area contributed by atoms with Crippen LogP contribution in [0.5, 0.6) is 0 Å². The topological polar surface area (TPSA) is 40.2 Å². The van der Waals surface area contributed by atoms with Crippen LogP contribution in [0.1, 0.15) is 0 Å². The van der Waals surface area contributed by atoms with Gasteiger partial charge in [0.05, 0.1) is 0 Å². The van der Waals surface area contributed by atoms with Crippen LogP contribution >= 0.6 is 0 Å². The monoisotopic (exact) mass is 202 g/mol. The number of nitrogens with one attached hydrogen (secondary N) is 2. The molecule has 0 aliphatic carbocycles. The molecule has 0 aromatic carbocycles. The number of hydrogen-bond donors (Lipinski definition) is 2. The number of anilines is 2. The molecule has 0 fully saturated rings. The summed E-state index contributed by atoms with van der Waals surface area (Å²) in [7, 11) is 4.88. The lowest BCUT2D eigenvalue weighted by atomic mass is 10.4. The molecule has 0 radical (unpaired) electrons. The molecule has 6 heteroatoms. The first-order valence-electron chi connectivity index (χ1n) is 4.02. The van der Waals surface area contributed by atoms with Crippen LogP contribution < -0.4 is 10.7 Å². The fraction of sp³-hybridized carbons (Fsp3) is 0.375. The number of rotatable bonds is 3. The fourth-order valence-electron chi connectivity index (χ4n) is 0.932. The average Bonchev–Trinajstić information content (AvgIpc) is 2.09. The first-order chi connectivity index (χ1) is 6.54. The third kappa shape index (κ3) is 2.29. The zero-order chi connectivity index (χ0) is 10.7. The van der Waals surface area contributed by atoms with Gasteiger partial charge in [-0.15, -0.1) is 0 Å². The van der Waals surface area contributed by atoms with E-state index in [2.05, 4.69) is 15.7 Å². The smallest absolute Gasteiger partial charge is 0.179 e. The summed E-state index contributed by atoms with van der Waals surface area (Å²) in [6, 6.07) is 0.782. The van der Waals surface area contributed by atoms with Crippen molar-refractivity contribution in [2.45, 2.75) is 0 Å². The highest BCUT2D eigenvalue weighted by atomic mass is 19.1. The second-order valence-corrected chi connectivity index (χ2v) is 2.91. The molecule has 1 heterocycles. The Morgan fingerprint density at radius 3 is 2.29 bits per heavy atom. The van der Waals surface area contributed by atoms with Gasteiger partial charge in [-0.3, -0.25) is 0 Å². The second kappa shape index (κ2) is 4.19. The average molecular weight is 202 g/mol. The van der Waals surface area contributed by atoms with Gasteiger partial charge >= 0.3 is 0 Å². The summed E-state index contributed by atoms with van der Waals surface area (Å²) in [6.07, 6.45) is 0. The highest BCUT2D eigenvalue weighted by Gasteiger charge is 2.10. The van der Waals surface area contributed by atoms with E-state index in [1.54, 1.807) is 14.1 Å². The largest absolute Gasteiger partial charge is 0.371 e. The van der Waals surface area contributed by atoms with Gasteiger partial charge in [0.15, 0.2) is 23.3 Å². The fourth-order valence-corrected chi connectivity index (χ4v) is 0.932. The number of hydrazine groups is 1. The molecule has 0 saturated carbocycles. The van der Waals surface area contributed by atoms with Crippen molar-refractivity contribution in [2.24, 2.45) is 0 Å². The van der Waals surface area contributed by atoms with Crippen molar-refractivity contribution < 1.29 is 8.78 Å². The molecule has 1 aromatic rings. The van der Waals surface area contributed by atoms with E-state index in [0.29, 0.717) is 0 Å². The standard InChI is InChI=1S/C8H12F2N4/c1-11-7-5(9)4-6(10)8(12-7)13-14(2)3/h4H,1-3H3,(H2,11,12,13). The molecule has 78 valence electrons. The molecular weight excluding hydrogens is 190 g/mol. The van der Waals surface area contributed by atoms with Gasteiger partial charge in [-0.05, 0) is 0 Å². The van der Waals surface area contributed by atoms with E-state index in [1.807, 2.05) is 0 Å². The minimum atomic E-state index is -0.727. The maximum atomic E-state index is 13.1. The van der Waals surface area contributed by atoms with Crippen LogP contribution in [0, 0.1) is 11.6 Å². The molecule has 1 aromatic heterocycles. The number of nitrogens with zero attached hydrogens (tertiary/aromatic N) is 2. The summed E-state index contributed by atoms with van der Waals surface area (Å²) >= 11 is 0. The predicted octanol–water partition coefficient (Wildman–Crippen LogP) is 1.29. The molecule has 4 nitrogen and oxygen atoms in total. The van der Waals surface area contributed by atoms with Gasteiger partial charge in [-0.2, -0.15) is 0 Å². The lowest BCUT2D eigenvalue weighted by molar-refractivity contribution is 0.480. The molecule has 0 amide bonds. The van der Waals surface area contributed by atoms with Crippen molar-refractivity contribution in [3.05, 3.63) is 17.7 Å². The van der Waals surface area contributed by atoms with Gasteiger partial charge in [-0.1, -0.05) is 0 Å². The van der Waals surface area contributed by atoms with Crippen LogP contribution in [0.4, 0.5) is 20.4 Å². The van der Waals surface area contributed by atoms with E-state index in [9.17, 15) is 8.78 Å². The predicted molar refractivity (Wildman–Crippen MR) is 51.0 cm³/mol. The third-order valence-corrected chi connectivity index (χ3v) is 1.50. The zero-order valence-corrected chi connectivity index (χ0v) is 8.23. The van der Waals surface area contributed by atoms with Gasteiger partial charge in [0.25, 0.3) is 0 Å². The second-order valence-electron chi connectivity index (χ2n) is 2.91. The molecule has 0 atom stereocenters. The minimum Gasteiger partial charge on any atom is -0.371 e. The van der Waals surface area contributed by atoms with Crippen LogP contribution in [-0.4, -0.2) is 31.1 Å². The molecule has 0 aliphatic rings. The summed E-state index contributed by atoms with van der Waals surface area (Å²) < 4.78 is 26.1. The molecule has 1 rings (SSSR count). The Kier molecular flexibility index (Phi) is 3.19. The van der Waals surface area contributed by atoms with Crippen molar-refractivity contribution in [2.75, 3.05) is 31.9 Å². The maximum absolute atomic E-state index is 13.1. The van der Waals surface area contributed by atoms with Gasteiger partial charge < -0.3 is 10.7 Å². The first kappa shape index (κ1) is 10.6. The van der Waals surface area contributed by atoms with Crippen molar-refractivity contribution in [3.63, 3.8) is 0 Å². The molecule has 2 N–H and O–H groups in total. The van der Waals surface area contributed by atoms with Crippen molar-refractivity contribution in [1.29, 1.82) is 0 Å². The first-order valence-corrected chi connectivity index (χ1v) is 4.02. The quantitative estimate of drug-likeness (QED) is 0.724. The van der Waals surface area contributed by atoms with Crippen LogP contribution in [-0.2, 0) is 0 Å².